The van der Waals surface area contributed by atoms with E-state index >= 15 is 0 Å². The van der Waals surface area contributed by atoms with Crippen LogP contribution in [0.5, 0.6) is 0 Å². The molecule has 1 nitrogen and oxygen atoms in total. The largest absolute Gasteiger partial charge is 0.416 e. The third kappa shape index (κ3) is 5.20. The van der Waals surface area contributed by atoms with E-state index in [-0.39, 0.29) is 12.0 Å². The first-order valence-electron chi connectivity index (χ1n) is 7.11. The molecule has 0 spiro atoms. The second kappa shape index (κ2) is 7.13. The Bertz CT molecular complexity index is 752. The second-order valence-corrected chi connectivity index (χ2v) is 5.22. The Labute approximate surface area is 139 Å². The minimum absolute atomic E-state index is 0.0770. The summed E-state index contributed by atoms with van der Waals surface area (Å²) in [5.41, 5.74) is -1.01. The van der Waals surface area contributed by atoms with Crippen LogP contribution in [0, 0.1) is 0 Å². The van der Waals surface area contributed by atoms with Crippen LogP contribution in [0.25, 0.3) is 6.08 Å². The lowest BCUT2D eigenvalue weighted by Gasteiger charge is -2.06. The molecule has 0 amide bonds. The zero-order valence-electron chi connectivity index (χ0n) is 12.7. The number of allylic oxidation sites excluding steroid dienone is 1. The third-order valence-corrected chi connectivity index (χ3v) is 3.39. The number of alkyl halides is 6. The number of Topliss-reactive ketones (excluding diaryl/α,β-unsaturated/α-hetero) is 1. The van der Waals surface area contributed by atoms with Gasteiger partial charge < -0.3 is 0 Å². The molecule has 7 heteroatoms. The summed E-state index contributed by atoms with van der Waals surface area (Å²) in [6.07, 6.45) is -6.04. The first-order valence-corrected chi connectivity index (χ1v) is 7.11. The van der Waals surface area contributed by atoms with Crippen molar-refractivity contribution in [3.63, 3.8) is 0 Å². The van der Waals surface area contributed by atoms with Gasteiger partial charge in [-0.15, -0.1) is 0 Å². The smallest absolute Gasteiger partial charge is 0.294 e. The molecule has 25 heavy (non-hydrogen) atoms. The van der Waals surface area contributed by atoms with Crippen molar-refractivity contribution >= 4 is 11.9 Å². The highest BCUT2D eigenvalue weighted by atomic mass is 19.4. The number of benzene rings is 2. The summed E-state index contributed by atoms with van der Waals surface area (Å²) in [5.74, 6) is -0.392. The quantitative estimate of drug-likeness (QED) is 0.483. The highest BCUT2D eigenvalue weighted by Gasteiger charge is 2.30. The van der Waals surface area contributed by atoms with Gasteiger partial charge in [-0.05, 0) is 29.8 Å². The van der Waals surface area contributed by atoms with E-state index in [0.29, 0.717) is 5.56 Å². The first-order chi connectivity index (χ1) is 11.6. The van der Waals surface area contributed by atoms with Crippen LogP contribution in [-0.4, -0.2) is 5.78 Å². The van der Waals surface area contributed by atoms with Crippen molar-refractivity contribution in [3.05, 3.63) is 76.9 Å². The SMILES string of the molecule is O=C(C/C=C/c1ccc(C(F)(F)F)cc1)c1ccc(C(F)(F)F)cc1. The molecule has 0 atom stereocenters. The lowest BCUT2D eigenvalue weighted by Crippen LogP contribution is -2.05. The van der Waals surface area contributed by atoms with Crippen LogP contribution in [0.1, 0.15) is 33.5 Å². The molecule has 0 aliphatic heterocycles. The van der Waals surface area contributed by atoms with Crippen LogP contribution in [-0.2, 0) is 12.4 Å². The van der Waals surface area contributed by atoms with Gasteiger partial charge in [-0.3, -0.25) is 4.79 Å². The van der Waals surface area contributed by atoms with E-state index in [9.17, 15) is 31.1 Å². The average Bonchev–Trinajstić information content (AvgIpc) is 2.54. The van der Waals surface area contributed by atoms with Crippen molar-refractivity contribution in [2.24, 2.45) is 0 Å². The van der Waals surface area contributed by atoms with Gasteiger partial charge >= 0.3 is 12.4 Å². The number of halogens is 6. The lowest BCUT2D eigenvalue weighted by molar-refractivity contribution is -0.138. The van der Waals surface area contributed by atoms with Crippen molar-refractivity contribution in [3.8, 4) is 0 Å². The van der Waals surface area contributed by atoms with Gasteiger partial charge in [0.1, 0.15) is 0 Å². The summed E-state index contributed by atoms with van der Waals surface area (Å²) in [5, 5.41) is 0. The molecular weight excluding hydrogens is 346 g/mol. The molecule has 0 bridgehead atoms. The molecule has 2 aromatic rings. The van der Waals surface area contributed by atoms with Crippen LogP contribution >= 0.6 is 0 Å². The van der Waals surface area contributed by atoms with Crippen LogP contribution in [0.15, 0.2) is 54.6 Å². The Balaban J connectivity index is 1.98. The van der Waals surface area contributed by atoms with Gasteiger partial charge in [0.25, 0.3) is 0 Å². The molecule has 0 saturated carbocycles. The van der Waals surface area contributed by atoms with Crippen molar-refractivity contribution in [2.45, 2.75) is 18.8 Å². The molecule has 0 saturated heterocycles. The van der Waals surface area contributed by atoms with Crippen LogP contribution < -0.4 is 0 Å². The van der Waals surface area contributed by atoms with Crippen LogP contribution in [0.3, 0.4) is 0 Å². The molecule has 0 aliphatic rings. The molecular formula is C18H12F6O. The summed E-state index contributed by atoms with van der Waals surface area (Å²) in [4.78, 5) is 11.9. The Hall–Kier alpha value is -2.57. The van der Waals surface area contributed by atoms with Crippen molar-refractivity contribution in [1.82, 2.24) is 0 Å². The van der Waals surface area contributed by atoms with Gasteiger partial charge in [0.2, 0.25) is 0 Å². The highest BCUT2D eigenvalue weighted by Crippen LogP contribution is 2.30. The molecule has 0 radical (unpaired) electrons. The predicted octanol–water partition coefficient (Wildman–Crippen LogP) is 6.01. The first kappa shape index (κ1) is 18.8. The monoisotopic (exact) mass is 358 g/mol. The minimum Gasteiger partial charge on any atom is -0.294 e. The average molecular weight is 358 g/mol. The van der Waals surface area contributed by atoms with Gasteiger partial charge in [0.05, 0.1) is 11.1 Å². The number of hydrogen-bond acceptors (Lipinski definition) is 1. The summed E-state index contributed by atoms with van der Waals surface area (Å²) in [6.45, 7) is 0. The fourth-order valence-corrected chi connectivity index (χ4v) is 2.05. The van der Waals surface area contributed by atoms with E-state index in [1.165, 1.54) is 24.3 Å². The van der Waals surface area contributed by atoms with Gasteiger partial charge in [0, 0.05) is 12.0 Å². The highest BCUT2D eigenvalue weighted by molar-refractivity contribution is 5.97. The maximum absolute atomic E-state index is 12.4. The van der Waals surface area contributed by atoms with Gasteiger partial charge in [-0.25, -0.2) is 0 Å². The maximum Gasteiger partial charge on any atom is 0.416 e. The number of hydrogen-bond donors (Lipinski definition) is 0. The van der Waals surface area contributed by atoms with Crippen LogP contribution in [0.4, 0.5) is 26.3 Å². The maximum atomic E-state index is 12.4. The Morgan fingerprint density at radius 1 is 0.760 bits per heavy atom. The normalized spacial score (nSPS) is 12.6. The molecule has 0 aromatic heterocycles. The summed E-state index contributed by atoms with van der Waals surface area (Å²) in [7, 11) is 0. The molecule has 0 N–H and O–H groups in total. The van der Waals surface area contributed by atoms with Gasteiger partial charge in [-0.2, -0.15) is 26.3 Å². The molecule has 0 unspecified atom stereocenters. The van der Waals surface area contributed by atoms with E-state index in [1.54, 1.807) is 0 Å². The fraction of sp³-hybridized carbons (Fsp3) is 0.167. The molecule has 2 rings (SSSR count). The fourth-order valence-electron chi connectivity index (χ4n) is 2.05. The molecule has 132 valence electrons. The zero-order valence-corrected chi connectivity index (χ0v) is 12.7. The molecule has 2 aromatic carbocycles. The van der Waals surface area contributed by atoms with Gasteiger partial charge in [0.15, 0.2) is 5.78 Å². The number of rotatable bonds is 4. The summed E-state index contributed by atoms with van der Waals surface area (Å²) in [6, 6.07) is 8.23. The van der Waals surface area contributed by atoms with Gasteiger partial charge in [-0.1, -0.05) is 36.4 Å². The predicted molar refractivity (Wildman–Crippen MR) is 80.9 cm³/mol. The Morgan fingerprint density at radius 2 is 1.20 bits per heavy atom. The number of ketones is 1. The van der Waals surface area contributed by atoms with Crippen LogP contribution in [0.2, 0.25) is 0 Å². The van der Waals surface area contributed by atoms with E-state index < -0.39 is 29.3 Å². The van der Waals surface area contributed by atoms with E-state index in [2.05, 4.69) is 0 Å². The number of carbonyl (C=O) groups excluding carboxylic acids is 1. The van der Waals surface area contributed by atoms with Crippen molar-refractivity contribution in [1.29, 1.82) is 0 Å². The molecule has 0 aliphatic carbocycles. The van der Waals surface area contributed by atoms with Crippen molar-refractivity contribution in [2.75, 3.05) is 0 Å². The molecule has 0 fully saturated rings. The second-order valence-electron chi connectivity index (χ2n) is 5.22. The number of carbonyl (C=O) groups is 1. The van der Waals surface area contributed by atoms with E-state index in [4.69, 9.17) is 0 Å². The topological polar surface area (TPSA) is 17.1 Å². The Morgan fingerprint density at radius 3 is 1.64 bits per heavy atom. The lowest BCUT2D eigenvalue weighted by atomic mass is 10.0. The Kier molecular flexibility index (Phi) is 5.35. The van der Waals surface area contributed by atoms with E-state index in [1.807, 2.05) is 0 Å². The molecule has 0 heterocycles. The van der Waals surface area contributed by atoms with E-state index in [0.717, 1.165) is 36.4 Å². The minimum atomic E-state index is -4.47. The summed E-state index contributed by atoms with van der Waals surface area (Å²) >= 11 is 0. The summed E-state index contributed by atoms with van der Waals surface area (Å²) < 4.78 is 74.6. The standard InChI is InChI=1S/C18H12F6O/c19-17(20,21)14-8-4-12(5-9-14)2-1-3-16(25)13-6-10-15(11-7-13)18(22,23)24/h1-2,4-11H,3H2/b2-1+. The third-order valence-electron chi connectivity index (χ3n) is 3.39. The zero-order chi connectivity index (χ0) is 18.7. The van der Waals surface area contributed by atoms with Crippen molar-refractivity contribution < 1.29 is 31.1 Å².